The van der Waals surface area contributed by atoms with Crippen LogP contribution in [0.3, 0.4) is 0 Å². The first-order chi connectivity index (χ1) is 17.5. The molecule has 3 N–H and O–H groups in total. The van der Waals surface area contributed by atoms with Gasteiger partial charge in [0.05, 0.1) is 18.7 Å². The van der Waals surface area contributed by atoms with Crippen LogP contribution in [0.2, 0.25) is 0 Å². The monoisotopic (exact) mass is 505 g/mol. The highest BCUT2D eigenvalue weighted by Gasteiger charge is 2.50. The number of benzene rings is 3. The van der Waals surface area contributed by atoms with Gasteiger partial charge >= 0.3 is 12.1 Å². The van der Waals surface area contributed by atoms with Crippen molar-refractivity contribution in [2.24, 2.45) is 5.92 Å². The smallest absolute Gasteiger partial charge is 0.410 e. The van der Waals surface area contributed by atoms with Crippen LogP contribution < -0.4 is 10.0 Å². The zero-order valence-corrected chi connectivity index (χ0v) is 20.3. The average Bonchev–Trinajstić information content (AvgIpc) is 3.31. The number of rotatable bonds is 6. The molecule has 1 fully saturated rings. The Morgan fingerprint density at radius 1 is 0.944 bits per heavy atom. The van der Waals surface area contributed by atoms with Crippen LogP contribution >= 0.6 is 11.9 Å². The highest BCUT2D eigenvalue weighted by atomic mass is 32.2. The van der Waals surface area contributed by atoms with Crippen LogP contribution in [0.5, 0.6) is 0 Å². The van der Waals surface area contributed by atoms with E-state index in [1.807, 2.05) is 60.7 Å². The van der Waals surface area contributed by atoms with Crippen molar-refractivity contribution in [2.75, 3.05) is 19.7 Å². The van der Waals surface area contributed by atoms with Gasteiger partial charge < -0.3 is 20.1 Å². The maximum absolute atomic E-state index is 13.0. The van der Waals surface area contributed by atoms with E-state index in [0.717, 1.165) is 11.1 Å². The van der Waals surface area contributed by atoms with E-state index in [9.17, 15) is 19.5 Å². The van der Waals surface area contributed by atoms with Crippen LogP contribution in [0.25, 0.3) is 0 Å². The average molecular weight is 506 g/mol. The summed E-state index contributed by atoms with van der Waals surface area (Å²) in [6.07, 6.45) is -0.536. The Labute approximate surface area is 213 Å². The Morgan fingerprint density at radius 3 is 2.19 bits per heavy atom. The molecule has 9 heteroatoms. The van der Waals surface area contributed by atoms with E-state index >= 15 is 0 Å². The highest BCUT2D eigenvalue weighted by Crippen LogP contribution is 2.37. The standard InChI is InChI=1S/C27H27N3O5S/c31-17-23-16-30(26(34)35-18-20-10-4-1-5-11-20)19-27(23,22-14-8-3-9-15-22)28-25(33)29-36-24(32)21-12-6-2-7-13-21/h1-15,23,31H,16-19H2,(H2,28,29,33). The van der Waals surface area contributed by atoms with E-state index in [-0.39, 0.29) is 31.4 Å². The third-order valence-corrected chi connectivity index (χ3v) is 6.84. The predicted molar refractivity (Wildman–Crippen MR) is 137 cm³/mol. The Kier molecular flexibility index (Phi) is 8.24. The number of urea groups is 1. The van der Waals surface area contributed by atoms with Gasteiger partial charge in [-0.05, 0) is 11.1 Å². The number of hydrogen-bond donors (Lipinski definition) is 3. The Bertz CT molecular complexity index is 1180. The Morgan fingerprint density at radius 2 is 1.56 bits per heavy atom. The summed E-state index contributed by atoms with van der Waals surface area (Å²) in [5, 5.41) is 12.9. The van der Waals surface area contributed by atoms with Crippen molar-refractivity contribution < 1.29 is 24.2 Å². The summed E-state index contributed by atoms with van der Waals surface area (Å²) in [6.45, 7) is 0.133. The molecule has 1 saturated heterocycles. The van der Waals surface area contributed by atoms with E-state index < -0.39 is 23.6 Å². The van der Waals surface area contributed by atoms with Gasteiger partial charge in [-0.1, -0.05) is 91.0 Å². The van der Waals surface area contributed by atoms with Crippen molar-refractivity contribution in [2.45, 2.75) is 12.1 Å². The lowest BCUT2D eigenvalue weighted by molar-refractivity contribution is 0.101. The number of hydrogen-bond acceptors (Lipinski definition) is 6. The summed E-state index contributed by atoms with van der Waals surface area (Å²) in [4.78, 5) is 39.7. The summed E-state index contributed by atoms with van der Waals surface area (Å²) in [5.41, 5.74) is 0.969. The van der Waals surface area contributed by atoms with E-state index in [2.05, 4.69) is 10.0 Å². The number of likely N-dealkylation sites (tertiary alicyclic amines) is 1. The largest absolute Gasteiger partial charge is 0.445 e. The lowest BCUT2D eigenvalue weighted by Gasteiger charge is -2.35. The first-order valence-corrected chi connectivity index (χ1v) is 12.3. The van der Waals surface area contributed by atoms with Crippen LogP contribution in [0.1, 0.15) is 21.5 Å². The number of amides is 3. The van der Waals surface area contributed by atoms with Gasteiger partial charge in [0.25, 0.3) is 0 Å². The van der Waals surface area contributed by atoms with Crippen molar-refractivity contribution in [1.82, 2.24) is 14.9 Å². The van der Waals surface area contributed by atoms with Crippen LogP contribution in [0.4, 0.5) is 9.59 Å². The van der Waals surface area contributed by atoms with Crippen molar-refractivity contribution in [3.63, 3.8) is 0 Å². The quantitative estimate of drug-likeness (QED) is 0.438. The van der Waals surface area contributed by atoms with Crippen LogP contribution in [0, 0.1) is 5.92 Å². The molecule has 3 aromatic rings. The molecular weight excluding hydrogens is 478 g/mol. The van der Waals surface area contributed by atoms with Gasteiger partial charge in [0, 0.05) is 30.0 Å². The number of carbonyl (C=O) groups excluding carboxylic acids is 3. The fraction of sp³-hybridized carbons (Fsp3) is 0.222. The van der Waals surface area contributed by atoms with E-state index in [1.54, 1.807) is 30.3 Å². The molecular formula is C27H27N3O5S. The van der Waals surface area contributed by atoms with E-state index in [1.165, 1.54) is 4.90 Å². The van der Waals surface area contributed by atoms with E-state index in [4.69, 9.17) is 4.74 Å². The molecule has 0 spiro atoms. The van der Waals surface area contributed by atoms with Gasteiger partial charge in [-0.25, -0.2) is 9.59 Å². The number of aliphatic hydroxyl groups is 1. The first kappa shape index (κ1) is 25.3. The number of nitrogens with one attached hydrogen (secondary N) is 2. The van der Waals surface area contributed by atoms with Gasteiger partial charge in [-0.3, -0.25) is 9.52 Å². The molecule has 1 aliphatic rings. The van der Waals surface area contributed by atoms with Crippen molar-refractivity contribution in [3.05, 3.63) is 108 Å². The fourth-order valence-electron chi connectivity index (χ4n) is 4.31. The molecule has 8 nitrogen and oxygen atoms in total. The number of nitrogens with zero attached hydrogens (tertiary/aromatic N) is 1. The second kappa shape index (κ2) is 11.7. The topological polar surface area (TPSA) is 108 Å². The summed E-state index contributed by atoms with van der Waals surface area (Å²) in [6, 6.07) is 26.5. The summed E-state index contributed by atoms with van der Waals surface area (Å²) in [5.74, 6) is -0.496. The van der Waals surface area contributed by atoms with Crippen LogP contribution in [-0.2, 0) is 16.9 Å². The zero-order valence-electron chi connectivity index (χ0n) is 19.5. The normalized spacial score (nSPS) is 18.9. The lowest BCUT2D eigenvalue weighted by atomic mass is 9.81. The molecule has 36 heavy (non-hydrogen) atoms. The minimum Gasteiger partial charge on any atom is -0.445 e. The summed E-state index contributed by atoms with van der Waals surface area (Å²) < 4.78 is 8.03. The molecule has 2 atom stereocenters. The third kappa shape index (κ3) is 5.87. The SMILES string of the molecule is O=C(NSC(=O)c1ccccc1)NC1(c2ccccc2)CN(C(=O)OCc2ccccc2)CC1CO. The highest BCUT2D eigenvalue weighted by molar-refractivity contribution is 8.12. The molecule has 2 unspecified atom stereocenters. The minimum absolute atomic E-state index is 0.0978. The molecule has 3 aromatic carbocycles. The zero-order chi connectivity index (χ0) is 25.4. The first-order valence-electron chi connectivity index (χ1n) is 11.5. The van der Waals surface area contributed by atoms with Crippen LogP contribution in [0.15, 0.2) is 91.0 Å². The molecule has 186 valence electrons. The maximum Gasteiger partial charge on any atom is 0.410 e. The Hall–Kier alpha value is -3.82. The molecule has 3 amide bonds. The fourth-order valence-corrected chi connectivity index (χ4v) is 4.80. The van der Waals surface area contributed by atoms with Gasteiger partial charge in [0.2, 0.25) is 5.12 Å². The van der Waals surface area contributed by atoms with E-state index in [0.29, 0.717) is 17.5 Å². The molecule has 0 aromatic heterocycles. The number of aliphatic hydroxyl groups excluding tert-OH is 1. The molecule has 0 bridgehead atoms. The molecule has 4 rings (SSSR count). The summed E-state index contributed by atoms with van der Waals surface area (Å²) >= 11 is 0.668. The molecule has 0 saturated carbocycles. The molecule has 1 aliphatic heterocycles. The minimum atomic E-state index is -1.08. The molecule has 1 heterocycles. The predicted octanol–water partition coefficient (Wildman–Crippen LogP) is 3.93. The Balaban J connectivity index is 1.48. The van der Waals surface area contributed by atoms with Gasteiger partial charge in [-0.15, -0.1) is 0 Å². The van der Waals surface area contributed by atoms with Crippen molar-refractivity contribution in [3.8, 4) is 0 Å². The van der Waals surface area contributed by atoms with Crippen LogP contribution in [-0.4, -0.2) is 46.9 Å². The third-order valence-electron chi connectivity index (χ3n) is 6.13. The molecule has 0 aliphatic carbocycles. The molecule has 0 radical (unpaired) electrons. The van der Waals surface area contributed by atoms with Crippen molar-refractivity contribution in [1.29, 1.82) is 0 Å². The lowest BCUT2D eigenvalue weighted by Crippen LogP contribution is -2.55. The van der Waals surface area contributed by atoms with Gasteiger partial charge in [-0.2, -0.15) is 0 Å². The number of carbonyl (C=O) groups is 3. The second-order valence-electron chi connectivity index (χ2n) is 8.45. The second-order valence-corrected chi connectivity index (χ2v) is 9.23. The number of ether oxygens (including phenoxy) is 1. The van der Waals surface area contributed by atoms with Crippen molar-refractivity contribution >= 4 is 29.2 Å². The van der Waals surface area contributed by atoms with Gasteiger partial charge in [0.15, 0.2) is 0 Å². The summed E-state index contributed by atoms with van der Waals surface area (Å²) in [7, 11) is 0. The maximum atomic E-state index is 13.0. The van der Waals surface area contributed by atoms with Gasteiger partial charge in [0.1, 0.15) is 6.61 Å².